The van der Waals surface area contributed by atoms with Crippen LogP contribution >= 0.6 is 24.0 Å². The molecule has 4 heteroatoms. The highest BCUT2D eigenvalue weighted by Crippen LogP contribution is 2.22. The Morgan fingerprint density at radius 2 is 1.92 bits per heavy atom. The minimum Gasteiger partial charge on any atom is -0.385 e. The Morgan fingerprint density at radius 1 is 1.33 bits per heavy atom. The fourth-order valence-electron chi connectivity index (χ4n) is 0.836. The molecule has 0 saturated heterocycles. The molecule has 1 aromatic carbocycles. The lowest BCUT2D eigenvalue weighted by atomic mass is 10.2. The first-order valence-corrected chi connectivity index (χ1v) is 4.75. The maximum Gasteiger partial charge on any atom is 0.133 e. The number of rotatable bonds is 2. The zero-order chi connectivity index (χ0) is 8.97. The van der Waals surface area contributed by atoms with E-state index >= 15 is 0 Å². The summed E-state index contributed by atoms with van der Waals surface area (Å²) in [6.45, 7) is 0. The Bertz CT molecular complexity index is 261. The van der Waals surface area contributed by atoms with E-state index in [-0.39, 0.29) is 5.37 Å². The Morgan fingerprint density at radius 3 is 2.42 bits per heavy atom. The van der Waals surface area contributed by atoms with Crippen molar-refractivity contribution in [2.75, 3.05) is 0 Å². The van der Waals surface area contributed by atoms with Crippen LogP contribution in [0.4, 0.5) is 0 Å². The fourth-order valence-corrected chi connectivity index (χ4v) is 1.69. The summed E-state index contributed by atoms with van der Waals surface area (Å²) in [7, 11) is 0. The molecule has 0 bridgehead atoms. The highest BCUT2D eigenvalue weighted by Gasteiger charge is 2.05. The average Bonchev–Trinajstić information content (AvgIpc) is 2.05. The lowest BCUT2D eigenvalue weighted by Crippen LogP contribution is -2.12. The van der Waals surface area contributed by atoms with Gasteiger partial charge < -0.3 is 11.5 Å². The smallest absolute Gasteiger partial charge is 0.133 e. The molecule has 0 aliphatic carbocycles. The van der Waals surface area contributed by atoms with Crippen molar-refractivity contribution in [1.29, 1.82) is 0 Å². The van der Waals surface area contributed by atoms with E-state index < -0.39 is 0 Å². The number of hydrogen-bond acceptors (Lipinski definition) is 3. The van der Waals surface area contributed by atoms with Crippen LogP contribution in [0, 0.1) is 0 Å². The quantitative estimate of drug-likeness (QED) is 0.560. The molecule has 0 saturated carbocycles. The van der Waals surface area contributed by atoms with Crippen molar-refractivity contribution in [3.8, 4) is 0 Å². The molecule has 64 valence electrons. The second-order valence-electron chi connectivity index (χ2n) is 2.27. The van der Waals surface area contributed by atoms with E-state index in [9.17, 15) is 0 Å². The summed E-state index contributed by atoms with van der Waals surface area (Å²) in [5.41, 5.74) is 12.2. The fraction of sp³-hybridized carbons (Fsp3) is 0.125. The van der Waals surface area contributed by atoms with Gasteiger partial charge >= 0.3 is 0 Å². The predicted molar refractivity (Wildman–Crippen MR) is 57.7 cm³/mol. The van der Waals surface area contributed by atoms with E-state index in [1.807, 2.05) is 30.3 Å². The summed E-state index contributed by atoms with van der Waals surface area (Å²) in [5.74, 6) is 0. The van der Waals surface area contributed by atoms with Gasteiger partial charge in [0.1, 0.15) is 4.32 Å². The molecule has 0 amide bonds. The van der Waals surface area contributed by atoms with Gasteiger partial charge in [0.05, 0.1) is 5.37 Å². The molecule has 1 aromatic rings. The van der Waals surface area contributed by atoms with E-state index in [1.54, 1.807) is 0 Å². The summed E-state index contributed by atoms with van der Waals surface area (Å²) >= 11 is 6.03. The summed E-state index contributed by atoms with van der Waals surface area (Å²) in [5, 5.41) is -0.149. The van der Waals surface area contributed by atoms with E-state index in [0.29, 0.717) is 4.32 Å². The van der Waals surface area contributed by atoms with Crippen molar-refractivity contribution in [2.45, 2.75) is 5.37 Å². The maximum atomic E-state index is 5.79. The second-order valence-corrected chi connectivity index (χ2v) is 4.15. The van der Waals surface area contributed by atoms with Gasteiger partial charge in [-0.3, -0.25) is 0 Å². The molecule has 0 aliphatic rings. The van der Waals surface area contributed by atoms with Gasteiger partial charge in [0.15, 0.2) is 0 Å². The van der Waals surface area contributed by atoms with E-state index in [2.05, 4.69) is 0 Å². The number of thioether (sulfide) groups is 1. The van der Waals surface area contributed by atoms with Crippen LogP contribution in [0.25, 0.3) is 0 Å². The Kier molecular flexibility index (Phi) is 3.52. The normalized spacial score (nSPS) is 12.4. The molecule has 0 unspecified atom stereocenters. The van der Waals surface area contributed by atoms with Crippen LogP contribution in [-0.4, -0.2) is 4.32 Å². The van der Waals surface area contributed by atoms with Crippen molar-refractivity contribution in [2.24, 2.45) is 11.5 Å². The molecular weight excluding hydrogens is 188 g/mol. The van der Waals surface area contributed by atoms with Crippen LogP contribution in [0.15, 0.2) is 30.3 Å². The topological polar surface area (TPSA) is 52.0 Å². The summed E-state index contributed by atoms with van der Waals surface area (Å²) < 4.78 is 0.381. The number of nitrogens with two attached hydrogens (primary N) is 2. The second kappa shape index (κ2) is 4.45. The Balaban J connectivity index is 2.65. The minimum atomic E-state index is -0.149. The van der Waals surface area contributed by atoms with Gasteiger partial charge in [0.2, 0.25) is 0 Å². The van der Waals surface area contributed by atoms with Gasteiger partial charge in [-0.2, -0.15) is 0 Å². The van der Waals surface area contributed by atoms with E-state index in [0.717, 1.165) is 5.56 Å². The maximum absolute atomic E-state index is 5.79. The zero-order valence-corrected chi connectivity index (χ0v) is 8.07. The van der Waals surface area contributed by atoms with Crippen LogP contribution in [0.3, 0.4) is 0 Å². The molecule has 1 rings (SSSR count). The molecule has 1 atom stereocenters. The summed E-state index contributed by atoms with van der Waals surface area (Å²) in [4.78, 5) is 0. The van der Waals surface area contributed by atoms with Gasteiger partial charge in [0, 0.05) is 0 Å². The molecule has 0 radical (unpaired) electrons. The average molecular weight is 198 g/mol. The molecule has 0 aromatic heterocycles. The van der Waals surface area contributed by atoms with Crippen molar-refractivity contribution in [3.05, 3.63) is 35.9 Å². The first-order valence-electron chi connectivity index (χ1n) is 3.47. The third kappa shape index (κ3) is 2.81. The monoisotopic (exact) mass is 198 g/mol. The molecule has 12 heavy (non-hydrogen) atoms. The predicted octanol–water partition coefficient (Wildman–Crippen LogP) is 1.62. The number of hydrogen-bond donors (Lipinski definition) is 2. The Hall–Kier alpha value is -0.580. The van der Waals surface area contributed by atoms with Crippen molar-refractivity contribution < 1.29 is 0 Å². The minimum absolute atomic E-state index is 0.149. The molecule has 2 nitrogen and oxygen atoms in total. The standard InChI is InChI=1S/C8H10N2S2/c9-7(12-8(10)11)6-4-2-1-3-5-6/h1-5,7H,9H2,(H2,10,11)/t7-/m0/s1. The van der Waals surface area contributed by atoms with Gasteiger partial charge in [-0.1, -0.05) is 54.3 Å². The third-order valence-electron chi connectivity index (χ3n) is 1.37. The summed E-state index contributed by atoms with van der Waals surface area (Å²) in [6.07, 6.45) is 0. The van der Waals surface area contributed by atoms with Crippen molar-refractivity contribution in [3.63, 3.8) is 0 Å². The third-order valence-corrected chi connectivity index (χ3v) is 2.42. The number of thiocarbonyl (C=S) groups is 1. The molecular formula is C8H10N2S2. The van der Waals surface area contributed by atoms with Gasteiger partial charge in [-0.05, 0) is 5.56 Å². The van der Waals surface area contributed by atoms with E-state index in [4.69, 9.17) is 23.7 Å². The number of benzene rings is 1. The van der Waals surface area contributed by atoms with Gasteiger partial charge in [0.25, 0.3) is 0 Å². The summed E-state index contributed by atoms with van der Waals surface area (Å²) in [6, 6.07) is 9.73. The van der Waals surface area contributed by atoms with Crippen molar-refractivity contribution >= 4 is 28.3 Å². The molecule has 0 fully saturated rings. The van der Waals surface area contributed by atoms with Gasteiger partial charge in [-0.25, -0.2) is 0 Å². The first kappa shape index (κ1) is 9.51. The molecule has 0 heterocycles. The van der Waals surface area contributed by atoms with Crippen LogP contribution in [0.2, 0.25) is 0 Å². The first-order chi connectivity index (χ1) is 5.70. The van der Waals surface area contributed by atoms with E-state index in [1.165, 1.54) is 11.8 Å². The van der Waals surface area contributed by atoms with Crippen LogP contribution in [-0.2, 0) is 0 Å². The van der Waals surface area contributed by atoms with Crippen molar-refractivity contribution in [1.82, 2.24) is 0 Å². The lowest BCUT2D eigenvalue weighted by molar-refractivity contribution is 1.04. The molecule has 0 aliphatic heterocycles. The Labute approximate surface area is 81.3 Å². The highest BCUT2D eigenvalue weighted by molar-refractivity contribution is 8.23. The molecule has 0 spiro atoms. The molecule has 4 N–H and O–H groups in total. The zero-order valence-electron chi connectivity index (χ0n) is 6.44. The SMILES string of the molecule is NC(=S)S[C@H](N)c1ccccc1. The van der Waals surface area contributed by atoms with Crippen LogP contribution in [0.1, 0.15) is 10.9 Å². The highest BCUT2D eigenvalue weighted by atomic mass is 32.2. The van der Waals surface area contributed by atoms with Crippen LogP contribution in [0.5, 0.6) is 0 Å². The lowest BCUT2D eigenvalue weighted by Gasteiger charge is -2.09. The van der Waals surface area contributed by atoms with Gasteiger partial charge in [-0.15, -0.1) is 0 Å². The van der Waals surface area contributed by atoms with Crippen LogP contribution < -0.4 is 11.5 Å². The largest absolute Gasteiger partial charge is 0.385 e.